The van der Waals surface area contributed by atoms with Crippen molar-refractivity contribution < 1.29 is 0 Å². The Morgan fingerprint density at radius 1 is 1.25 bits per heavy atom. The third-order valence-electron chi connectivity index (χ3n) is 1.94. The van der Waals surface area contributed by atoms with Crippen molar-refractivity contribution in [3.63, 3.8) is 0 Å². The summed E-state index contributed by atoms with van der Waals surface area (Å²) in [5.41, 5.74) is 6.41. The molecular formula is C10H8BrClN4. The first-order valence-electron chi connectivity index (χ1n) is 4.46. The van der Waals surface area contributed by atoms with E-state index in [4.69, 9.17) is 17.3 Å². The molecule has 1 aromatic carbocycles. The predicted octanol–water partition coefficient (Wildman–Crippen LogP) is 3.22. The topological polar surface area (TPSA) is 63.8 Å². The fraction of sp³-hybridized carbons (Fsp3) is 0. The number of aromatic nitrogens is 2. The average Bonchev–Trinajstić information content (AvgIpc) is 2.28. The van der Waals surface area contributed by atoms with Crippen LogP contribution in [0.4, 0.5) is 17.3 Å². The maximum atomic E-state index is 6.01. The second-order valence-electron chi connectivity index (χ2n) is 3.03. The molecule has 6 heteroatoms. The lowest BCUT2D eigenvalue weighted by Gasteiger charge is -2.09. The third-order valence-corrected chi connectivity index (χ3v) is 3.05. The second kappa shape index (κ2) is 4.67. The Balaban J connectivity index is 2.35. The van der Waals surface area contributed by atoms with Crippen LogP contribution < -0.4 is 11.1 Å². The first kappa shape index (κ1) is 11.2. The quantitative estimate of drug-likeness (QED) is 0.893. The van der Waals surface area contributed by atoms with E-state index >= 15 is 0 Å². The van der Waals surface area contributed by atoms with Gasteiger partial charge in [-0.1, -0.05) is 23.7 Å². The van der Waals surface area contributed by atoms with Gasteiger partial charge in [0, 0.05) is 0 Å². The molecule has 0 saturated heterocycles. The number of hydrogen-bond acceptors (Lipinski definition) is 4. The van der Waals surface area contributed by atoms with Gasteiger partial charge in [0.25, 0.3) is 0 Å². The molecular weight excluding hydrogens is 291 g/mol. The molecule has 0 radical (unpaired) electrons. The Hall–Kier alpha value is -1.33. The van der Waals surface area contributed by atoms with Crippen molar-refractivity contribution >= 4 is 44.9 Å². The van der Waals surface area contributed by atoms with Gasteiger partial charge in [0.05, 0.1) is 10.7 Å². The number of nitrogens with zero attached hydrogens (tertiary/aromatic N) is 2. The minimum Gasteiger partial charge on any atom is -0.383 e. The molecule has 1 aromatic heterocycles. The van der Waals surface area contributed by atoms with E-state index in [1.54, 1.807) is 6.07 Å². The molecule has 16 heavy (non-hydrogen) atoms. The van der Waals surface area contributed by atoms with Gasteiger partial charge in [-0.15, -0.1) is 0 Å². The first-order chi connectivity index (χ1) is 7.68. The van der Waals surface area contributed by atoms with Crippen molar-refractivity contribution in [1.82, 2.24) is 9.97 Å². The van der Waals surface area contributed by atoms with Crippen LogP contribution in [0.2, 0.25) is 5.02 Å². The van der Waals surface area contributed by atoms with E-state index in [-0.39, 0.29) is 0 Å². The largest absolute Gasteiger partial charge is 0.383 e. The minimum atomic E-state index is 0.379. The maximum absolute atomic E-state index is 6.01. The number of halogens is 2. The summed E-state index contributed by atoms with van der Waals surface area (Å²) in [6.07, 6.45) is 1.39. The molecule has 0 unspecified atom stereocenters. The summed E-state index contributed by atoms with van der Waals surface area (Å²) in [5.74, 6) is 0.963. The van der Waals surface area contributed by atoms with Crippen LogP contribution in [0.25, 0.3) is 0 Å². The lowest BCUT2D eigenvalue weighted by molar-refractivity contribution is 1.16. The van der Waals surface area contributed by atoms with E-state index in [1.165, 1.54) is 6.33 Å². The van der Waals surface area contributed by atoms with Crippen LogP contribution in [0, 0.1) is 0 Å². The van der Waals surface area contributed by atoms with Gasteiger partial charge in [0.15, 0.2) is 0 Å². The lowest BCUT2D eigenvalue weighted by Crippen LogP contribution is -2.00. The third kappa shape index (κ3) is 2.25. The summed E-state index contributed by atoms with van der Waals surface area (Å²) in [4.78, 5) is 7.92. The van der Waals surface area contributed by atoms with Gasteiger partial charge >= 0.3 is 0 Å². The smallest absolute Gasteiger partial charge is 0.150 e. The normalized spacial score (nSPS) is 10.1. The SMILES string of the molecule is Nc1ncnc(Nc2ccccc2Cl)c1Br. The van der Waals surface area contributed by atoms with Crippen LogP contribution in [0.5, 0.6) is 0 Å². The second-order valence-corrected chi connectivity index (χ2v) is 4.23. The van der Waals surface area contributed by atoms with Crippen LogP contribution in [0.1, 0.15) is 0 Å². The van der Waals surface area contributed by atoms with Crippen LogP contribution in [-0.4, -0.2) is 9.97 Å². The number of rotatable bonds is 2. The number of para-hydroxylation sites is 1. The van der Waals surface area contributed by atoms with Crippen LogP contribution in [0.3, 0.4) is 0 Å². The molecule has 0 aliphatic heterocycles. The number of nitrogen functional groups attached to an aromatic ring is 1. The molecule has 0 spiro atoms. The molecule has 0 aliphatic carbocycles. The average molecular weight is 300 g/mol. The number of nitrogens with two attached hydrogens (primary N) is 1. The highest BCUT2D eigenvalue weighted by Gasteiger charge is 2.07. The molecule has 0 bridgehead atoms. The molecule has 4 nitrogen and oxygen atoms in total. The molecule has 0 atom stereocenters. The Labute approximate surface area is 106 Å². The monoisotopic (exact) mass is 298 g/mol. The highest BCUT2D eigenvalue weighted by Crippen LogP contribution is 2.29. The Bertz CT molecular complexity index is 518. The van der Waals surface area contributed by atoms with Crippen molar-refractivity contribution in [3.8, 4) is 0 Å². The molecule has 2 aromatic rings. The fourth-order valence-corrected chi connectivity index (χ4v) is 1.65. The maximum Gasteiger partial charge on any atom is 0.150 e. The molecule has 0 amide bonds. The van der Waals surface area contributed by atoms with Crippen LogP contribution >= 0.6 is 27.5 Å². The molecule has 3 N–H and O–H groups in total. The highest BCUT2D eigenvalue weighted by atomic mass is 79.9. The summed E-state index contributed by atoms with van der Waals surface area (Å²) >= 11 is 9.32. The van der Waals surface area contributed by atoms with E-state index in [2.05, 4.69) is 31.2 Å². The Morgan fingerprint density at radius 3 is 2.75 bits per heavy atom. The van der Waals surface area contributed by atoms with Gasteiger partial charge < -0.3 is 11.1 Å². The van der Waals surface area contributed by atoms with E-state index in [1.807, 2.05) is 18.2 Å². The summed E-state index contributed by atoms with van der Waals surface area (Å²) < 4.78 is 0.620. The van der Waals surface area contributed by atoms with Gasteiger partial charge in [0.1, 0.15) is 22.4 Å². The zero-order chi connectivity index (χ0) is 11.5. The van der Waals surface area contributed by atoms with Crippen molar-refractivity contribution in [2.24, 2.45) is 0 Å². The summed E-state index contributed by atoms with van der Waals surface area (Å²) in [5, 5.41) is 3.69. The Morgan fingerprint density at radius 2 is 2.00 bits per heavy atom. The van der Waals surface area contributed by atoms with Gasteiger partial charge in [-0.3, -0.25) is 0 Å². The van der Waals surface area contributed by atoms with E-state index < -0.39 is 0 Å². The zero-order valence-electron chi connectivity index (χ0n) is 8.11. The zero-order valence-corrected chi connectivity index (χ0v) is 10.5. The molecule has 0 aliphatic rings. The number of nitrogens with one attached hydrogen (secondary N) is 1. The van der Waals surface area contributed by atoms with Gasteiger partial charge in [0.2, 0.25) is 0 Å². The van der Waals surface area contributed by atoms with Crippen molar-refractivity contribution in [3.05, 3.63) is 40.1 Å². The first-order valence-corrected chi connectivity index (χ1v) is 5.63. The molecule has 82 valence electrons. The number of hydrogen-bond donors (Lipinski definition) is 2. The fourth-order valence-electron chi connectivity index (χ4n) is 1.16. The van der Waals surface area contributed by atoms with E-state index in [0.717, 1.165) is 5.69 Å². The van der Waals surface area contributed by atoms with Crippen LogP contribution in [0.15, 0.2) is 35.1 Å². The molecule has 0 fully saturated rings. The predicted molar refractivity (Wildman–Crippen MR) is 68.9 cm³/mol. The Kier molecular flexibility index (Phi) is 3.26. The van der Waals surface area contributed by atoms with Gasteiger partial charge in [-0.25, -0.2) is 9.97 Å². The van der Waals surface area contributed by atoms with Crippen molar-refractivity contribution in [2.45, 2.75) is 0 Å². The number of benzene rings is 1. The summed E-state index contributed by atoms with van der Waals surface area (Å²) in [7, 11) is 0. The van der Waals surface area contributed by atoms with Crippen LogP contribution in [-0.2, 0) is 0 Å². The molecule has 1 heterocycles. The summed E-state index contributed by atoms with van der Waals surface area (Å²) in [6.45, 7) is 0. The lowest BCUT2D eigenvalue weighted by atomic mass is 10.3. The van der Waals surface area contributed by atoms with E-state index in [0.29, 0.717) is 21.1 Å². The summed E-state index contributed by atoms with van der Waals surface area (Å²) in [6, 6.07) is 7.39. The standard InChI is InChI=1S/C10H8BrClN4/c11-8-9(13)14-5-15-10(8)16-7-4-2-1-3-6(7)12/h1-5H,(H3,13,14,15,16). The molecule has 0 saturated carbocycles. The number of anilines is 3. The van der Waals surface area contributed by atoms with Gasteiger partial charge in [-0.05, 0) is 28.1 Å². The molecule has 2 rings (SSSR count). The van der Waals surface area contributed by atoms with Gasteiger partial charge in [-0.2, -0.15) is 0 Å². The van der Waals surface area contributed by atoms with E-state index in [9.17, 15) is 0 Å². The minimum absolute atomic E-state index is 0.379. The van der Waals surface area contributed by atoms with Crippen molar-refractivity contribution in [1.29, 1.82) is 0 Å². The van der Waals surface area contributed by atoms with Crippen molar-refractivity contribution in [2.75, 3.05) is 11.1 Å². The highest BCUT2D eigenvalue weighted by molar-refractivity contribution is 9.10.